The highest BCUT2D eigenvalue weighted by Crippen LogP contribution is 2.30. The molecular weight excluding hydrogens is 347 g/mol. The zero-order chi connectivity index (χ0) is 13.6. The second-order valence-electron chi connectivity index (χ2n) is 4.33. The molecule has 0 saturated heterocycles. The van der Waals surface area contributed by atoms with Crippen LogP contribution in [0.5, 0.6) is 0 Å². The molecule has 0 fully saturated rings. The van der Waals surface area contributed by atoms with Crippen molar-refractivity contribution in [3.8, 4) is 11.4 Å². The van der Waals surface area contributed by atoms with Gasteiger partial charge in [-0.15, -0.1) is 0 Å². The number of imidazole rings is 1. The maximum absolute atomic E-state index is 6.01. The second-order valence-corrected chi connectivity index (χ2v) is 6.06. The van der Waals surface area contributed by atoms with Crippen LogP contribution >= 0.6 is 39.1 Å². The van der Waals surface area contributed by atoms with Crippen molar-refractivity contribution in [1.82, 2.24) is 9.97 Å². The van der Waals surface area contributed by atoms with Crippen LogP contribution in [0.3, 0.4) is 0 Å². The zero-order valence-corrected chi connectivity index (χ0v) is 13.1. The Labute approximate surface area is 128 Å². The topological polar surface area (TPSA) is 28.7 Å². The molecule has 0 spiro atoms. The Morgan fingerprint density at radius 3 is 2.63 bits per heavy atom. The molecule has 0 radical (unpaired) electrons. The van der Waals surface area contributed by atoms with Gasteiger partial charge in [0.25, 0.3) is 0 Å². The number of aryl methyl sites for hydroxylation is 1. The van der Waals surface area contributed by atoms with Crippen molar-refractivity contribution < 1.29 is 0 Å². The lowest BCUT2D eigenvalue weighted by Gasteiger charge is -2.02. The van der Waals surface area contributed by atoms with E-state index in [1.807, 2.05) is 18.2 Å². The fraction of sp³-hybridized carbons (Fsp3) is 0.0714. The van der Waals surface area contributed by atoms with Gasteiger partial charge in [0.05, 0.1) is 21.1 Å². The molecule has 0 saturated carbocycles. The lowest BCUT2D eigenvalue weighted by atomic mass is 10.1. The summed E-state index contributed by atoms with van der Waals surface area (Å²) in [5.74, 6) is 0.812. The molecule has 0 amide bonds. The van der Waals surface area contributed by atoms with Crippen LogP contribution in [0.4, 0.5) is 0 Å². The fourth-order valence-electron chi connectivity index (χ4n) is 1.98. The van der Waals surface area contributed by atoms with Crippen LogP contribution < -0.4 is 0 Å². The van der Waals surface area contributed by atoms with Gasteiger partial charge in [-0.3, -0.25) is 0 Å². The van der Waals surface area contributed by atoms with E-state index in [9.17, 15) is 0 Å². The molecule has 1 N–H and O–H groups in total. The maximum atomic E-state index is 6.01. The number of benzene rings is 2. The molecule has 0 aliphatic heterocycles. The predicted molar refractivity (Wildman–Crippen MR) is 84.0 cm³/mol. The number of rotatable bonds is 1. The summed E-state index contributed by atoms with van der Waals surface area (Å²) < 4.78 is 1.02. The van der Waals surface area contributed by atoms with Crippen molar-refractivity contribution in [2.75, 3.05) is 0 Å². The second kappa shape index (κ2) is 4.82. The predicted octanol–water partition coefficient (Wildman–Crippen LogP) is 5.61. The normalized spacial score (nSPS) is 11.2. The summed E-state index contributed by atoms with van der Waals surface area (Å²) >= 11 is 15.5. The monoisotopic (exact) mass is 354 g/mol. The lowest BCUT2D eigenvalue weighted by molar-refractivity contribution is 1.30. The largest absolute Gasteiger partial charge is 0.338 e. The van der Waals surface area contributed by atoms with E-state index in [4.69, 9.17) is 23.2 Å². The van der Waals surface area contributed by atoms with E-state index in [-0.39, 0.29) is 0 Å². The van der Waals surface area contributed by atoms with E-state index >= 15 is 0 Å². The zero-order valence-electron chi connectivity index (χ0n) is 9.97. The van der Waals surface area contributed by atoms with E-state index in [1.165, 1.54) is 0 Å². The van der Waals surface area contributed by atoms with Gasteiger partial charge in [0, 0.05) is 10.0 Å². The Bertz CT molecular complexity index is 741. The molecule has 3 rings (SSSR count). The first-order valence-electron chi connectivity index (χ1n) is 5.66. The van der Waals surface area contributed by atoms with Gasteiger partial charge in [0.2, 0.25) is 0 Å². The van der Waals surface area contributed by atoms with Crippen molar-refractivity contribution in [3.05, 3.63) is 50.4 Å². The van der Waals surface area contributed by atoms with Gasteiger partial charge in [-0.2, -0.15) is 0 Å². The van der Waals surface area contributed by atoms with Gasteiger partial charge in [-0.05, 0) is 36.8 Å². The average molecular weight is 356 g/mol. The number of aromatic amines is 1. The Hall–Kier alpha value is -1.03. The molecule has 1 heterocycles. The van der Waals surface area contributed by atoms with Crippen LogP contribution in [0.15, 0.2) is 34.8 Å². The molecule has 2 nitrogen and oxygen atoms in total. The summed E-state index contributed by atoms with van der Waals surface area (Å²) in [6.07, 6.45) is 0. The first-order valence-corrected chi connectivity index (χ1v) is 7.21. The molecule has 0 atom stereocenters. The summed E-state index contributed by atoms with van der Waals surface area (Å²) in [5, 5.41) is 1.04. The highest BCUT2D eigenvalue weighted by Gasteiger charge is 2.10. The van der Waals surface area contributed by atoms with Crippen LogP contribution in [-0.4, -0.2) is 9.97 Å². The van der Waals surface area contributed by atoms with Gasteiger partial charge in [0.15, 0.2) is 0 Å². The number of nitrogens with one attached hydrogen (secondary N) is 1. The first-order chi connectivity index (χ1) is 9.04. The standard InChI is InChI=1S/C14H9BrCl2N2/c1-7-2-3-8(15)4-9(7)14-18-12-5-10(16)11(17)6-13(12)19-14/h2-6H,1H3,(H,18,19). The third-order valence-corrected chi connectivity index (χ3v) is 4.19. The van der Waals surface area contributed by atoms with Crippen LogP contribution in [0, 0.1) is 6.92 Å². The molecule has 0 unspecified atom stereocenters. The van der Waals surface area contributed by atoms with E-state index in [0.29, 0.717) is 10.0 Å². The van der Waals surface area contributed by atoms with E-state index < -0.39 is 0 Å². The summed E-state index contributed by atoms with van der Waals surface area (Å²) in [6.45, 7) is 2.05. The number of nitrogens with zero attached hydrogens (tertiary/aromatic N) is 1. The maximum Gasteiger partial charge on any atom is 0.138 e. The minimum atomic E-state index is 0.512. The Balaban J connectivity index is 2.23. The lowest BCUT2D eigenvalue weighted by Crippen LogP contribution is -1.85. The van der Waals surface area contributed by atoms with Crippen LogP contribution in [0.25, 0.3) is 22.4 Å². The van der Waals surface area contributed by atoms with Crippen LogP contribution in [0.2, 0.25) is 10.0 Å². The molecule has 0 aliphatic carbocycles. The van der Waals surface area contributed by atoms with Gasteiger partial charge >= 0.3 is 0 Å². The van der Waals surface area contributed by atoms with Crippen molar-refractivity contribution in [2.45, 2.75) is 6.92 Å². The quantitative estimate of drug-likeness (QED) is 0.604. The average Bonchev–Trinajstić information content (AvgIpc) is 2.75. The minimum absolute atomic E-state index is 0.512. The number of fused-ring (bicyclic) bond motifs is 1. The van der Waals surface area contributed by atoms with Gasteiger partial charge in [-0.25, -0.2) is 4.98 Å². The van der Waals surface area contributed by atoms with E-state index in [2.05, 4.69) is 32.8 Å². The molecule has 0 aliphatic rings. The molecule has 3 aromatic rings. The number of hydrogen-bond donors (Lipinski definition) is 1. The Kier molecular flexibility index (Phi) is 3.29. The Morgan fingerprint density at radius 2 is 1.84 bits per heavy atom. The highest BCUT2D eigenvalue weighted by molar-refractivity contribution is 9.10. The highest BCUT2D eigenvalue weighted by atomic mass is 79.9. The van der Waals surface area contributed by atoms with Crippen molar-refractivity contribution in [1.29, 1.82) is 0 Å². The molecule has 1 aromatic heterocycles. The third-order valence-electron chi connectivity index (χ3n) is 2.98. The first kappa shape index (κ1) is 13.0. The molecule has 96 valence electrons. The van der Waals surface area contributed by atoms with E-state index in [1.54, 1.807) is 12.1 Å². The SMILES string of the molecule is Cc1ccc(Br)cc1-c1nc2cc(Cl)c(Cl)cc2[nH]1. The summed E-state index contributed by atoms with van der Waals surface area (Å²) in [5.41, 5.74) is 3.89. The van der Waals surface area contributed by atoms with Crippen molar-refractivity contribution in [2.24, 2.45) is 0 Å². The number of H-pyrrole nitrogens is 1. The van der Waals surface area contributed by atoms with Crippen molar-refractivity contribution in [3.63, 3.8) is 0 Å². The third kappa shape index (κ3) is 2.38. The fourth-order valence-corrected chi connectivity index (χ4v) is 2.66. The van der Waals surface area contributed by atoms with Crippen LogP contribution in [0.1, 0.15) is 5.56 Å². The number of aromatic nitrogens is 2. The molecule has 0 bridgehead atoms. The molecule has 19 heavy (non-hydrogen) atoms. The van der Waals surface area contributed by atoms with Gasteiger partial charge in [0.1, 0.15) is 5.82 Å². The van der Waals surface area contributed by atoms with Crippen molar-refractivity contribution >= 4 is 50.2 Å². The molecule has 5 heteroatoms. The summed E-state index contributed by atoms with van der Waals surface area (Å²) in [7, 11) is 0. The van der Waals surface area contributed by atoms with Gasteiger partial charge in [-0.1, -0.05) is 45.2 Å². The number of halogens is 3. The molecule has 2 aromatic carbocycles. The minimum Gasteiger partial charge on any atom is -0.338 e. The van der Waals surface area contributed by atoms with Crippen LogP contribution in [-0.2, 0) is 0 Å². The summed E-state index contributed by atoms with van der Waals surface area (Å²) in [6, 6.07) is 9.66. The smallest absolute Gasteiger partial charge is 0.138 e. The van der Waals surface area contributed by atoms with Gasteiger partial charge < -0.3 is 4.98 Å². The Morgan fingerprint density at radius 1 is 1.11 bits per heavy atom. The van der Waals surface area contributed by atoms with E-state index in [0.717, 1.165) is 32.5 Å². The number of hydrogen-bond acceptors (Lipinski definition) is 1. The molecular formula is C14H9BrCl2N2. The summed E-state index contributed by atoms with van der Waals surface area (Å²) in [4.78, 5) is 7.84.